The van der Waals surface area contributed by atoms with Crippen LogP contribution >= 0.6 is 0 Å². The minimum atomic E-state index is -1.02. The zero-order valence-corrected chi connectivity index (χ0v) is 10.3. The summed E-state index contributed by atoms with van der Waals surface area (Å²) in [5, 5.41) is 0. The van der Waals surface area contributed by atoms with Gasteiger partial charge in [0.15, 0.2) is 0 Å². The second-order valence-corrected chi connectivity index (χ2v) is 5.78. The van der Waals surface area contributed by atoms with Crippen LogP contribution < -0.4 is 5.73 Å². The Morgan fingerprint density at radius 3 is 2.94 bits per heavy atom. The zero-order chi connectivity index (χ0) is 12.3. The summed E-state index contributed by atoms with van der Waals surface area (Å²) in [4.78, 5) is 0. The number of ether oxygens (including phenoxy) is 1. The van der Waals surface area contributed by atoms with E-state index in [1.807, 2.05) is 0 Å². The number of nitrogens with two attached hydrogens (primary N) is 1. The molecule has 0 aromatic heterocycles. The van der Waals surface area contributed by atoms with Crippen molar-refractivity contribution < 1.29 is 13.3 Å². The van der Waals surface area contributed by atoms with Crippen molar-refractivity contribution in [2.24, 2.45) is 0 Å². The maximum atomic E-state index is 13.1. The minimum Gasteiger partial charge on any atom is -0.399 e. The van der Waals surface area contributed by atoms with Crippen LogP contribution in [0.25, 0.3) is 0 Å². The lowest BCUT2D eigenvalue weighted by molar-refractivity contribution is 0.128. The van der Waals surface area contributed by atoms with Gasteiger partial charge in [-0.15, -0.1) is 0 Å². The Bertz CT molecular complexity index is 399. The van der Waals surface area contributed by atoms with Crippen molar-refractivity contribution in [1.82, 2.24) is 0 Å². The van der Waals surface area contributed by atoms with Gasteiger partial charge in [0.25, 0.3) is 0 Å². The molecule has 5 heteroatoms. The third kappa shape index (κ3) is 3.78. The number of hydrogen-bond donors (Lipinski definition) is 1. The number of hydrogen-bond acceptors (Lipinski definition) is 3. The normalized spacial score (nSPS) is 21.6. The van der Waals surface area contributed by atoms with E-state index >= 15 is 0 Å². The molecule has 1 aromatic carbocycles. The molecule has 3 nitrogen and oxygen atoms in total. The fourth-order valence-electron chi connectivity index (χ4n) is 1.99. The van der Waals surface area contributed by atoms with Crippen molar-refractivity contribution in [1.29, 1.82) is 0 Å². The number of halogens is 1. The molecule has 0 radical (unpaired) electrons. The molecular weight excluding hydrogens is 241 g/mol. The average Bonchev–Trinajstić information content (AvgIpc) is 2.67. The molecule has 1 aliphatic rings. The fourth-order valence-corrected chi connectivity index (χ4v) is 3.32. The highest BCUT2D eigenvalue weighted by Gasteiger charge is 2.18. The van der Waals surface area contributed by atoms with Gasteiger partial charge in [-0.2, -0.15) is 0 Å². The van der Waals surface area contributed by atoms with Gasteiger partial charge in [-0.25, -0.2) is 4.39 Å². The van der Waals surface area contributed by atoms with Gasteiger partial charge in [0.2, 0.25) is 0 Å². The van der Waals surface area contributed by atoms with Crippen molar-refractivity contribution in [3.05, 3.63) is 29.6 Å². The highest BCUT2D eigenvalue weighted by atomic mass is 32.2. The Morgan fingerprint density at radius 2 is 2.29 bits per heavy atom. The van der Waals surface area contributed by atoms with Crippen molar-refractivity contribution in [2.75, 3.05) is 18.1 Å². The van der Waals surface area contributed by atoms with Crippen molar-refractivity contribution in [3.63, 3.8) is 0 Å². The lowest BCUT2D eigenvalue weighted by atomic mass is 10.2. The Morgan fingerprint density at radius 1 is 1.47 bits per heavy atom. The molecule has 1 saturated heterocycles. The van der Waals surface area contributed by atoms with Crippen LogP contribution in [0.5, 0.6) is 0 Å². The van der Waals surface area contributed by atoms with Gasteiger partial charge in [0, 0.05) is 28.8 Å². The second-order valence-electron chi connectivity index (χ2n) is 4.28. The molecule has 1 aromatic rings. The number of rotatable bonds is 4. The fraction of sp³-hybridized carbons (Fsp3) is 0.500. The first-order chi connectivity index (χ1) is 8.13. The summed E-state index contributed by atoms with van der Waals surface area (Å²) in [6, 6.07) is 4.30. The van der Waals surface area contributed by atoms with Crippen LogP contribution in [0, 0.1) is 5.82 Å². The van der Waals surface area contributed by atoms with Crippen LogP contribution in [0.15, 0.2) is 18.2 Å². The number of anilines is 1. The van der Waals surface area contributed by atoms with E-state index in [0.717, 1.165) is 19.4 Å². The van der Waals surface area contributed by atoms with Gasteiger partial charge in [0.05, 0.1) is 11.9 Å². The molecule has 2 unspecified atom stereocenters. The molecule has 1 aliphatic heterocycles. The molecule has 0 saturated carbocycles. The smallest absolute Gasteiger partial charge is 0.125 e. The Hall–Kier alpha value is -0.940. The molecule has 2 N–H and O–H groups in total. The van der Waals surface area contributed by atoms with E-state index in [4.69, 9.17) is 10.5 Å². The quantitative estimate of drug-likeness (QED) is 0.837. The van der Waals surface area contributed by atoms with Crippen LogP contribution in [0.3, 0.4) is 0 Å². The molecule has 0 bridgehead atoms. The van der Waals surface area contributed by atoms with E-state index in [2.05, 4.69) is 0 Å². The SMILES string of the molecule is Nc1cc(F)cc(CS(=O)CC2CCCO2)c1. The number of benzene rings is 1. The predicted octanol–water partition coefficient (Wildman–Crippen LogP) is 1.84. The van der Waals surface area contributed by atoms with Gasteiger partial charge < -0.3 is 10.5 Å². The van der Waals surface area contributed by atoms with E-state index < -0.39 is 10.8 Å². The molecule has 2 rings (SSSR count). The third-order valence-electron chi connectivity index (χ3n) is 2.70. The Balaban J connectivity index is 1.92. The van der Waals surface area contributed by atoms with Crippen molar-refractivity contribution in [3.8, 4) is 0 Å². The van der Waals surface area contributed by atoms with Gasteiger partial charge in [-0.05, 0) is 36.6 Å². The molecule has 2 atom stereocenters. The van der Waals surface area contributed by atoms with Gasteiger partial charge in [-0.3, -0.25) is 4.21 Å². The molecule has 94 valence electrons. The summed E-state index contributed by atoms with van der Waals surface area (Å²) in [6.07, 6.45) is 2.10. The Labute approximate surface area is 103 Å². The summed E-state index contributed by atoms with van der Waals surface area (Å²) >= 11 is 0. The molecule has 0 spiro atoms. The standard InChI is InChI=1S/C12H16FNO2S/c13-10-4-9(5-11(14)6-10)7-17(15)8-12-2-1-3-16-12/h4-6,12H,1-3,7-8,14H2. The van der Waals surface area contributed by atoms with Crippen molar-refractivity contribution in [2.45, 2.75) is 24.7 Å². The topological polar surface area (TPSA) is 52.3 Å². The van der Waals surface area contributed by atoms with Crippen LogP contribution in [0.2, 0.25) is 0 Å². The van der Waals surface area contributed by atoms with E-state index in [1.54, 1.807) is 6.07 Å². The zero-order valence-electron chi connectivity index (χ0n) is 9.52. The monoisotopic (exact) mass is 257 g/mol. The average molecular weight is 257 g/mol. The van der Waals surface area contributed by atoms with Crippen LogP contribution in [-0.4, -0.2) is 22.7 Å². The van der Waals surface area contributed by atoms with Crippen LogP contribution in [-0.2, 0) is 21.3 Å². The maximum Gasteiger partial charge on any atom is 0.125 e. The first-order valence-corrected chi connectivity index (χ1v) is 7.14. The molecule has 0 amide bonds. The predicted molar refractivity (Wildman–Crippen MR) is 66.5 cm³/mol. The maximum absolute atomic E-state index is 13.1. The lowest BCUT2D eigenvalue weighted by Crippen LogP contribution is -2.16. The Kier molecular flexibility index (Phi) is 4.12. The third-order valence-corrected chi connectivity index (χ3v) is 4.10. The highest BCUT2D eigenvalue weighted by molar-refractivity contribution is 7.84. The van der Waals surface area contributed by atoms with Crippen LogP contribution in [0.4, 0.5) is 10.1 Å². The van der Waals surface area contributed by atoms with E-state index in [-0.39, 0.29) is 11.9 Å². The summed E-state index contributed by atoms with van der Waals surface area (Å²) in [6.45, 7) is 0.759. The second kappa shape index (κ2) is 5.60. The van der Waals surface area contributed by atoms with Crippen LogP contribution in [0.1, 0.15) is 18.4 Å². The molecule has 0 aliphatic carbocycles. The van der Waals surface area contributed by atoms with Gasteiger partial charge >= 0.3 is 0 Å². The van der Waals surface area contributed by atoms with Gasteiger partial charge in [-0.1, -0.05) is 0 Å². The first kappa shape index (κ1) is 12.5. The van der Waals surface area contributed by atoms with Crippen molar-refractivity contribution >= 4 is 16.5 Å². The first-order valence-electron chi connectivity index (χ1n) is 5.65. The molecular formula is C12H16FNO2S. The van der Waals surface area contributed by atoms with E-state index in [9.17, 15) is 8.60 Å². The summed E-state index contributed by atoms with van der Waals surface area (Å²) < 4.78 is 30.4. The summed E-state index contributed by atoms with van der Waals surface area (Å²) in [5.74, 6) is 0.479. The molecule has 1 fully saturated rings. The molecule has 17 heavy (non-hydrogen) atoms. The summed E-state index contributed by atoms with van der Waals surface area (Å²) in [5.41, 5.74) is 6.58. The van der Waals surface area contributed by atoms with E-state index in [0.29, 0.717) is 22.8 Å². The van der Waals surface area contributed by atoms with E-state index in [1.165, 1.54) is 12.1 Å². The molecule has 1 heterocycles. The minimum absolute atomic E-state index is 0.0988. The summed E-state index contributed by atoms with van der Waals surface area (Å²) in [7, 11) is -1.02. The lowest BCUT2D eigenvalue weighted by Gasteiger charge is -2.09. The largest absolute Gasteiger partial charge is 0.399 e. The van der Waals surface area contributed by atoms with Gasteiger partial charge in [0.1, 0.15) is 5.82 Å². The highest BCUT2D eigenvalue weighted by Crippen LogP contribution is 2.16. The number of nitrogen functional groups attached to an aromatic ring is 1.